The number of carbonyl (C=O) groups excluding carboxylic acids is 3. The first kappa shape index (κ1) is 14.6. The maximum Gasteiger partial charge on any atom is 0.355 e. The zero-order chi connectivity index (χ0) is 14.6. The molecule has 8 heteroatoms. The average Bonchev–Trinajstić information content (AvgIpc) is 2.74. The van der Waals surface area contributed by atoms with Crippen LogP contribution in [0.15, 0.2) is 0 Å². The van der Waals surface area contributed by atoms with Crippen LogP contribution in [0, 0.1) is 0 Å². The lowest BCUT2D eigenvalue weighted by atomic mass is 10.2. The van der Waals surface area contributed by atoms with E-state index in [2.05, 4.69) is 19.2 Å². The third-order valence-electron chi connectivity index (χ3n) is 2.38. The fraction of sp³-hybridized carbons (Fsp3) is 0.364. The smallest absolute Gasteiger partial charge is 0.355 e. The molecule has 0 atom stereocenters. The molecule has 0 saturated carbocycles. The first-order valence-corrected chi connectivity index (χ1v) is 5.13. The van der Waals surface area contributed by atoms with Gasteiger partial charge in [0.05, 0.1) is 33.4 Å². The minimum Gasteiger partial charge on any atom is -0.505 e. The number of esters is 3. The van der Waals surface area contributed by atoms with E-state index in [1.807, 2.05) is 0 Å². The van der Waals surface area contributed by atoms with Crippen LogP contribution in [-0.2, 0) is 25.4 Å². The van der Waals surface area contributed by atoms with Gasteiger partial charge < -0.3 is 24.3 Å². The third kappa shape index (κ3) is 2.84. The van der Waals surface area contributed by atoms with E-state index in [4.69, 9.17) is 0 Å². The summed E-state index contributed by atoms with van der Waals surface area (Å²) in [6, 6.07) is 0. The minimum absolute atomic E-state index is 0.0346. The van der Waals surface area contributed by atoms with Crippen LogP contribution in [0.25, 0.3) is 0 Å². The molecule has 19 heavy (non-hydrogen) atoms. The van der Waals surface area contributed by atoms with Gasteiger partial charge in [-0.25, -0.2) is 9.59 Å². The fourth-order valence-corrected chi connectivity index (χ4v) is 1.44. The number of aromatic hydroxyl groups is 1. The molecule has 0 radical (unpaired) electrons. The molecule has 0 saturated heterocycles. The number of carbonyl (C=O) groups is 3. The standard InChI is InChI=1S/C11H13NO7/c1-17-6(13)4-5-9(14)7(10(15)18-2)8(12-5)11(16)19-3/h12,14H,4H2,1-3H3. The second kappa shape index (κ2) is 5.89. The second-order valence-electron chi connectivity index (χ2n) is 3.44. The first-order chi connectivity index (χ1) is 8.96. The summed E-state index contributed by atoms with van der Waals surface area (Å²) in [5.41, 5.74) is -0.702. The Kier molecular flexibility index (Phi) is 4.51. The molecule has 0 amide bonds. The molecule has 1 heterocycles. The molecule has 0 fully saturated rings. The molecule has 1 aromatic rings. The monoisotopic (exact) mass is 271 g/mol. The molecular formula is C11H13NO7. The van der Waals surface area contributed by atoms with Gasteiger partial charge in [-0.1, -0.05) is 0 Å². The van der Waals surface area contributed by atoms with E-state index in [-0.39, 0.29) is 23.4 Å². The van der Waals surface area contributed by atoms with Crippen LogP contribution < -0.4 is 0 Å². The third-order valence-corrected chi connectivity index (χ3v) is 2.38. The summed E-state index contributed by atoms with van der Waals surface area (Å²) in [6.45, 7) is 0. The van der Waals surface area contributed by atoms with Crippen LogP contribution >= 0.6 is 0 Å². The van der Waals surface area contributed by atoms with E-state index >= 15 is 0 Å². The SMILES string of the molecule is COC(=O)Cc1[nH]c(C(=O)OC)c(C(=O)OC)c1O. The number of hydrogen-bond acceptors (Lipinski definition) is 7. The quantitative estimate of drug-likeness (QED) is 0.585. The Bertz CT molecular complexity index is 517. The Hall–Kier alpha value is -2.51. The van der Waals surface area contributed by atoms with Crippen LogP contribution in [0.1, 0.15) is 26.5 Å². The van der Waals surface area contributed by atoms with Crippen LogP contribution in [0.2, 0.25) is 0 Å². The highest BCUT2D eigenvalue weighted by molar-refractivity contribution is 6.04. The van der Waals surface area contributed by atoms with E-state index in [0.717, 1.165) is 14.2 Å². The molecule has 0 aromatic carbocycles. The summed E-state index contributed by atoms with van der Waals surface area (Å²) in [4.78, 5) is 36.6. The van der Waals surface area contributed by atoms with Gasteiger partial charge in [-0.05, 0) is 0 Å². The lowest BCUT2D eigenvalue weighted by Crippen LogP contribution is -2.10. The molecule has 1 rings (SSSR count). The molecular weight excluding hydrogens is 258 g/mol. The van der Waals surface area contributed by atoms with E-state index in [1.54, 1.807) is 0 Å². The highest BCUT2D eigenvalue weighted by Gasteiger charge is 2.29. The average molecular weight is 271 g/mol. The van der Waals surface area contributed by atoms with Gasteiger partial charge in [-0.15, -0.1) is 0 Å². The van der Waals surface area contributed by atoms with Crippen molar-refractivity contribution in [2.24, 2.45) is 0 Å². The number of ether oxygens (including phenoxy) is 3. The predicted octanol–water partition coefficient (Wildman–Crippen LogP) is 0.00900. The Morgan fingerprint density at radius 1 is 1.05 bits per heavy atom. The summed E-state index contributed by atoms with van der Waals surface area (Å²) in [5, 5.41) is 9.85. The first-order valence-electron chi connectivity index (χ1n) is 5.13. The van der Waals surface area contributed by atoms with Crippen molar-refractivity contribution in [1.82, 2.24) is 4.98 Å². The Balaban J connectivity index is 3.30. The molecule has 0 unspecified atom stereocenters. The Morgan fingerprint density at radius 2 is 1.63 bits per heavy atom. The van der Waals surface area contributed by atoms with Gasteiger partial charge in [0.2, 0.25) is 0 Å². The van der Waals surface area contributed by atoms with Crippen molar-refractivity contribution in [3.8, 4) is 5.75 Å². The number of hydrogen-bond donors (Lipinski definition) is 2. The Morgan fingerprint density at radius 3 is 2.11 bits per heavy atom. The Labute approximate surface area is 108 Å². The summed E-state index contributed by atoms with van der Waals surface area (Å²) in [5.74, 6) is -2.99. The van der Waals surface area contributed by atoms with E-state index < -0.39 is 23.7 Å². The summed E-state index contributed by atoms with van der Waals surface area (Å²) >= 11 is 0. The zero-order valence-corrected chi connectivity index (χ0v) is 10.6. The minimum atomic E-state index is -0.926. The van der Waals surface area contributed by atoms with Gasteiger partial charge >= 0.3 is 17.9 Å². The van der Waals surface area contributed by atoms with Crippen molar-refractivity contribution >= 4 is 17.9 Å². The predicted molar refractivity (Wildman–Crippen MR) is 60.9 cm³/mol. The molecule has 0 bridgehead atoms. The van der Waals surface area contributed by atoms with E-state index in [1.165, 1.54) is 7.11 Å². The molecule has 104 valence electrons. The largest absolute Gasteiger partial charge is 0.505 e. The van der Waals surface area contributed by atoms with Gasteiger partial charge in [0.1, 0.15) is 11.3 Å². The van der Waals surface area contributed by atoms with Crippen molar-refractivity contribution in [2.75, 3.05) is 21.3 Å². The van der Waals surface area contributed by atoms with E-state index in [9.17, 15) is 19.5 Å². The normalized spacial score (nSPS) is 9.84. The summed E-state index contributed by atoms with van der Waals surface area (Å²) < 4.78 is 13.3. The van der Waals surface area contributed by atoms with Gasteiger partial charge in [-0.2, -0.15) is 0 Å². The molecule has 0 aliphatic rings. The molecule has 1 aromatic heterocycles. The van der Waals surface area contributed by atoms with Gasteiger partial charge in [0, 0.05) is 0 Å². The number of methoxy groups -OCH3 is 3. The maximum absolute atomic E-state index is 11.5. The van der Waals surface area contributed by atoms with Gasteiger partial charge in [0.25, 0.3) is 0 Å². The molecule has 0 aliphatic heterocycles. The van der Waals surface area contributed by atoms with Crippen molar-refractivity contribution in [3.63, 3.8) is 0 Å². The number of H-pyrrole nitrogens is 1. The number of rotatable bonds is 4. The topological polar surface area (TPSA) is 115 Å². The molecule has 8 nitrogen and oxygen atoms in total. The van der Waals surface area contributed by atoms with Gasteiger partial charge in [0.15, 0.2) is 5.75 Å². The highest BCUT2D eigenvalue weighted by Crippen LogP contribution is 2.28. The van der Waals surface area contributed by atoms with Gasteiger partial charge in [-0.3, -0.25) is 4.79 Å². The fourth-order valence-electron chi connectivity index (χ4n) is 1.44. The van der Waals surface area contributed by atoms with Crippen LogP contribution in [-0.4, -0.2) is 49.3 Å². The maximum atomic E-state index is 11.5. The van der Waals surface area contributed by atoms with E-state index in [0.29, 0.717) is 0 Å². The zero-order valence-electron chi connectivity index (χ0n) is 10.6. The van der Waals surface area contributed by atoms with Crippen LogP contribution in [0.3, 0.4) is 0 Å². The number of aromatic nitrogens is 1. The van der Waals surface area contributed by atoms with Crippen molar-refractivity contribution < 1.29 is 33.7 Å². The number of nitrogens with one attached hydrogen (secondary N) is 1. The molecule has 2 N–H and O–H groups in total. The highest BCUT2D eigenvalue weighted by atomic mass is 16.5. The lowest BCUT2D eigenvalue weighted by molar-refractivity contribution is -0.139. The van der Waals surface area contributed by atoms with Crippen molar-refractivity contribution in [3.05, 3.63) is 17.0 Å². The second-order valence-corrected chi connectivity index (χ2v) is 3.44. The molecule has 0 spiro atoms. The summed E-state index contributed by atoms with van der Waals surface area (Å²) in [7, 11) is 3.38. The van der Waals surface area contributed by atoms with Crippen LogP contribution in [0.5, 0.6) is 5.75 Å². The van der Waals surface area contributed by atoms with Crippen LogP contribution in [0.4, 0.5) is 0 Å². The lowest BCUT2D eigenvalue weighted by Gasteiger charge is -2.00. The van der Waals surface area contributed by atoms with Crippen molar-refractivity contribution in [2.45, 2.75) is 6.42 Å². The summed E-state index contributed by atoms with van der Waals surface area (Å²) in [6.07, 6.45) is -0.330. The molecule has 0 aliphatic carbocycles. The van der Waals surface area contributed by atoms with Crippen molar-refractivity contribution in [1.29, 1.82) is 0 Å². The number of aromatic amines is 1.